The first kappa shape index (κ1) is 30.8. The van der Waals surface area contributed by atoms with Crippen LogP contribution in [0.25, 0.3) is 0 Å². The average Bonchev–Trinajstić information content (AvgIpc) is 2.86. The van der Waals surface area contributed by atoms with Gasteiger partial charge in [0.05, 0.1) is 12.3 Å². The Bertz CT molecular complexity index is 1100. The lowest BCUT2D eigenvalue weighted by Gasteiger charge is -2.29. The molecule has 0 aliphatic carbocycles. The van der Waals surface area contributed by atoms with Gasteiger partial charge in [0, 0.05) is 25.2 Å². The number of carbonyl (C=O) groups is 3. The van der Waals surface area contributed by atoms with E-state index >= 15 is 0 Å². The number of amides is 2. The number of halogens is 2. The number of carbonyl (C=O) groups excluding carboxylic acids is 2. The molecular weight excluding hydrogens is 498 g/mol. The molecule has 0 bridgehead atoms. The Kier molecular flexibility index (Phi) is 11.3. The molecule has 0 spiro atoms. The molecule has 2 aromatic rings. The van der Waals surface area contributed by atoms with E-state index in [1.54, 1.807) is 13.8 Å². The number of carboxylic acid groups (broad SMARTS) is 1. The van der Waals surface area contributed by atoms with Gasteiger partial charge in [0.1, 0.15) is 17.7 Å². The third kappa shape index (κ3) is 9.81. The largest absolute Gasteiger partial charge is 0.481 e. The van der Waals surface area contributed by atoms with Gasteiger partial charge < -0.3 is 32.3 Å². The first-order valence-electron chi connectivity index (χ1n) is 12.2. The summed E-state index contributed by atoms with van der Waals surface area (Å²) in [6, 6.07) is 10.1. The van der Waals surface area contributed by atoms with Crippen molar-refractivity contribution in [3.63, 3.8) is 0 Å². The van der Waals surface area contributed by atoms with Gasteiger partial charge in [-0.1, -0.05) is 44.2 Å². The van der Waals surface area contributed by atoms with Crippen molar-refractivity contribution in [3.8, 4) is 0 Å². The minimum Gasteiger partial charge on any atom is -0.481 e. The van der Waals surface area contributed by atoms with Crippen LogP contribution in [0.2, 0.25) is 0 Å². The summed E-state index contributed by atoms with van der Waals surface area (Å²) in [7, 11) is 0. The van der Waals surface area contributed by atoms with Gasteiger partial charge in [0.2, 0.25) is 11.8 Å². The summed E-state index contributed by atoms with van der Waals surface area (Å²) >= 11 is 0. The lowest BCUT2D eigenvalue weighted by molar-refractivity contribution is -0.141. The van der Waals surface area contributed by atoms with Gasteiger partial charge >= 0.3 is 5.97 Å². The Balaban J connectivity index is 1.92. The van der Waals surface area contributed by atoms with Crippen LogP contribution in [0.1, 0.15) is 31.4 Å². The number of aliphatic carboxylic acids is 1. The van der Waals surface area contributed by atoms with Crippen molar-refractivity contribution in [3.05, 3.63) is 71.3 Å². The number of hydrogen-bond donors (Lipinski definition) is 6. The lowest BCUT2D eigenvalue weighted by Crippen LogP contribution is -2.51. The molecule has 4 atom stereocenters. The van der Waals surface area contributed by atoms with Gasteiger partial charge in [0.15, 0.2) is 0 Å². The van der Waals surface area contributed by atoms with Crippen LogP contribution in [0.4, 0.5) is 8.78 Å². The quantitative estimate of drug-likeness (QED) is 0.211. The van der Waals surface area contributed by atoms with Gasteiger partial charge in [-0.05, 0) is 47.6 Å². The van der Waals surface area contributed by atoms with Crippen LogP contribution < -0.4 is 22.1 Å². The standard InChI is InChI=1S/C27H36F2N4O5/c1-27(2,15-33-26(38)24(36)22(31)10-16-6-4-3-5-7-16)14-32-25(37)19(13-23(34)35)21(30)12-17-11-18(28)8-9-20(17)29/h3-9,11,19,21-22,24,36H,10,12-15,30-31H2,1-2H3,(H,32,37)(H,33,38)(H,34,35). The second-order valence-corrected chi connectivity index (χ2v) is 10.2. The normalized spacial score (nSPS) is 14.7. The molecule has 0 saturated heterocycles. The van der Waals surface area contributed by atoms with Crippen molar-refractivity contribution in [2.75, 3.05) is 13.1 Å². The molecule has 2 amide bonds. The van der Waals surface area contributed by atoms with E-state index in [0.29, 0.717) is 6.42 Å². The van der Waals surface area contributed by atoms with Gasteiger partial charge in [-0.25, -0.2) is 8.78 Å². The monoisotopic (exact) mass is 534 g/mol. The van der Waals surface area contributed by atoms with Crippen LogP contribution in [0.15, 0.2) is 48.5 Å². The van der Waals surface area contributed by atoms with Gasteiger partial charge in [-0.15, -0.1) is 0 Å². The molecule has 9 nitrogen and oxygen atoms in total. The molecular formula is C27H36F2N4O5. The molecule has 208 valence electrons. The minimum atomic E-state index is -1.44. The molecule has 38 heavy (non-hydrogen) atoms. The first-order valence-corrected chi connectivity index (χ1v) is 12.2. The number of nitrogens with two attached hydrogens (primary N) is 2. The van der Waals surface area contributed by atoms with E-state index in [1.807, 2.05) is 30.3 Å². The van der Waals surface area contributed by atoms with Gasteiger partial charge in [0.25, 0.3) is 0 Å². The highest BCUT2D eigenvalue weighted by molar-refractivity contribution is 5.84. The fourth-order valence-corrected chi connectivity index (χ4v) is 3.87. The molecule has 2 rings (SSSR count). The molecule has 4 unspecified atom stereocenters. The molecule has 0 aliphatic heterocycles. The zero-order valence-electron chi connectivity index (χ0n) is 21.5. The Morgan fingerprint density at radius 3 is 2.13 bits per heavy atom. The number of aliphatic hydroxyl groups excluding tert-OH is 1. The van der Waals surface area contributed by atoms with Crippen molar-refractivity contribution in [2.45, 2.75) is 51.3 Å². The van der Waals surface area contributed by atoms with Crippen LogP contribution in [-0.4, -0.2) is 59.3 Å². The van der Waals surface area contributed by atoms with Crippen LogP contribution >= 0.6 is 0 Å². The Morgan fingerprint density at radius 2 is 1.53 bits per heavy atom. The second-order valence-electron chi connectivity index (χ2n) is 10.2. The molecule has 2 aromatic carbocycles. The number of rotatable bonds is 14. The summed E-state index contributed by atoms with van der Waals surface area (Å²) in [6.45, 7) is 3.61. The predicted octanol–water partition coefficient (Wildman–Crippen LogP) is 1.12. The van der Waals surface area contributed by atoms with E-state index in [2.05, 4.69) is 10.6 Å². The summed E-state index contributed by atoms with van der Waals surface area (Å²) in [6.07, 6.45) is -1.98. The summed E-state index contributed by atoms with van der Waals surface area (Å²) in [5.74, 6) is -5.19. The topological polar surface area (TPSA) is 168 Å². The number of carboxylic acids is 1. The Labute approximate surface area is 220 Å². The summed E-state index contributed by atoms with van der Waals surface area (Å²) in [5.41, 5.74) is 12.2. The number of benzene rings is 2. The zero-order valence-corrected chi connectivity index (χ0v) is 21.5. The fraction of sp³-hybridized carbons (Fsp3) is 0.444. The zero-order chi connectivity index (χ0) is 28.5. The third-order valence-electron chi connectivity index (χ3n) is 6.18. The van der Waals surface area contributed by atoms with Crippen LogP contribution in [-0.2, 0) is 27.2 Å². The van der Waals surface area contributed by atoms with Crippen LogP contribution in [0.5, 0.6) is 0 Å². The van der Waals surface area contributed by atoms with E-state index in [9.17, 15) is 33.4 Å². The number of aliphatic hydroxyl groups is 1. The second kappa shape index (κ2) is 13.9. The van der Waals surface area contributed by atoms with E-state index in [1.165, 1.54) is 0 Å². The maximum absolute atomic E-state index is 14.0. The van der Waals surface area contributed by atoms with Gasteiger partial charge in [-0.2, -0.15) is 0 Å². The highest BCUT2D eigenvalue weighted by Crippen LogP contribution is 2.18. The summed E-state index contributed by atoms with van der Waals surface area (Å²) in [5, 5.41) is 24.8. The molecule has 11 heteroatoms. The maximum Gasteiger partial charge on any atom is 0.304 e. The highest BCUT2D eigenvalue weighted by atomic mass is 19.1. The summed E-state index contributed by atoms with van der Waals surface area (Å²) in [4.78, 5) is 36.6. The van der Waals surface area contributed by atoms with E-state index < -0.39 is 65.4 Å². The smallest absolute Gasteiger partial charge is 0.304 e. The third-order valence-corrected chi connectivity index (χ3v) is 6.18. The SMILES string of the molecule is CC(C)(CNC(=O)C(O)C(N)Cc1ccccc1)CNC(=O)C(CC(=O)O)C(N)Cc1cc(F)ccc1F. The molecule has 0 heterocycles. The van der Waals surface area contributed by atoms with Crippen LogP contribution in [0.3, 0.4) is 0 Å². The molecule has 0 aliphatic rings. The average molecular weight is 535 g/mol. The van der Waals surface area contributed by atoms with E-state index in [-0.39, 0.29) is 25.1 Å². The Morgan fingerprint density at radius 1 is 0.921 bits per heavy atom. The highest BCUT2D eigenvalue weighted by Gasteiger charge is 2.31. The first-order chi connectivity index (χ1) is 17.8. The molecule has 0 radical (unpaired) electrons. The molecule has 8 N–H and O–H groups in total. The van der Waals surface area contributed by atoms with Crippen molar-refractivity contribution < 1.29 is 33.4 Å². The van der Waals surface area contributed by atoms with E-state index in [0.717, 1.165) is 23.8 Å². The number of hydrogen-bond acceptors (Lipinski definition) is 6. The fourth-order valence-electron chi connectivity index (χ4n) is 3.87. The molecule has 0 fully saturated rings. The van der Waals surface area contributed by atoms with Crippen molar-refractivity contribution >= 4 is 17.8 Å². The molecule has 0 saturated carbocycles. The van der Waals surface area contributed by atoms with Crippen molar-refractivity contribution in [2.24, 2.45) is 22.8 Å². The maximum atomic E-state index is 14.0. The van der Waals surface area contributed by atoms with Crippen LogP contribution in [0, 0.1) is 23.0 Å². The lowest BCUT2D eigenvalue weighted by atomic mass is 9.89. The number of nitrogens with one attached hydrogen (secondary N) is 2. The summed E-state index contributed by atoms with van der Waals surface area (Å²) < 4.78 is 27.5. The van der Waals surface area contributed by atoms with E-state index in [4.69, 9.17) is 11.5 Å². The van der Waals surface area contributed by atoms with Crippen molar-refractivity contribution in [1.29, 1.82) is 0 Å². The minimum absolute atomic E-state index is 0.0371. The molecule has 0 aromatic heterocycles. The predicted molar refractivity (Wildman–Crippen MR) is 138 cm³/mol. The Hall–Kier alpha value is -3.41. The van der Waals surface area contributed by atoms with Gasteiger partial charge in [-0.3, -0.25) is 14.4 Å². The van der Waals surface area contributed by atoms with Crippen molar-refractivity contribution in [1.82, 2.24) is 10.6 Å².